The summed E-state index contributed by atoms with van der Waals surface area (Å²) in [5.74, 6) is -17.4. The first-order valence-electron chi connectivity index (χ1n) is 49.2. The Morgan fingerprint density at radius 3 is 1.18 bits per heavy atom. The fourth-order valence-corrected chi connectivity index (χ4v) is 26.4. The molecule has 141 heavy (non-hydrogen) atoms. The summed E-state index contributed by atoms with van der Waals surface area (Å²) in [5.41, 5.74) is 0.748. The molecule has 6 N–H and O–H groups in total. The minimum atomic E-state index is -4.70. The monoisotopic (exact) mass is 1960 g/mol. The van der Waals surface area contributed by atoms with Crippen LogP contribution in [0.2, 0.25) is 0 Å². The van der Waals surface area contributed by atoms with Gasteiger partial charge in [-0.2, -0.15) is 13.2 Å². The number of ether oxygens (including phenoxy) is 3. The Kier molecular flexibility index (Phi) is 21.7. The Morgan fingerprint density at radius 1 is 0.426 bits per heavy atom. The molecule has 12 fully saturated rings. The van der Waals surface area contributed by atoms with Crippen molar-refractivity contribution in [2.45, 2.75) is 243 Å². The number of piperazine rings is 3. The third kappa shape index (κ3) is 15.0. The second-order valence-corrected chi connectivity index (χ2v) is 41.1. The summed E-state index contributed by atoms with van der Waals surface area (Å²) >= 11 is 0. The molecule has 22 atom stereocenters. The minimum Gasteiger partial charge on any atom is -0.350 e. The molecule has 39 heteroatoms. The molecule has 15 heterocycles. The van der Waals surface area contributed by atoms with Crippen LogP contribution in [0.4, 0.5) is 39.5 Å². The second-order valence-electron chi connectivity index (χ2n) is 41.1. The lowest BCUT2D eigenvalue weighted by atomic mass is 9.72. The van der Waals surface area contributed by atoms with Gasteiger partial charge < -0.3 is 60.3 Å². The molecule has 9 aromatic rings. The van der Waals surface area contributed by atoms with E-state index in [9.17, 15) is 101 Å². The average molecular weight is 1960 g/mol. The van der Waals surface area contributed by atoms with Crippen molar-refractivity contribution in [3.63, 3.8) is 0 Å². The summed E-state index contributed by atoms with van der Waals surface area (Å²) in [4.78, 5) is 138. The van der Waals surface area contributed by atoms with Crippen molar-refractivity contribution in [2.75, 3.05) is 53.4 Å². The van der Waals surface area contributed by atoms with Gasteiger partial charge in [-0.1, -0.05) is 127 Å². The number of likely N-dealkylation sites (tertiary alicyclic amines) is 3. The number of fused-ring (bicyclic) bond motifs is 15. The van der Waals surface area contributed by atoms with Gasteiger partial charge in [-0.15, -0.1) is 26.3 Å². The number of aryl methyl sites for hydroxylation is 1. The predicted molar refractivity (Wildman–Crippen MR) is 487 cm³/mol. The quantitative estimate of drug-likeness (QED) is 0.0490. The van der Waals surface area contributed by atoms with Crippen LogP contribution in [0, 0.1) is 17.8 Å². The largest absolute Gasteiger partial charge is 0.488 e. The number of nitrogens with zero attached hydrogens (tertiary/aromatic N) is 12. The molecule has 6 aromatic carbocycles. The highest BCUT2D eigenvalue weighted by molar-refractivity contribution is 6.01. The molecular formula is C102H108F9N15O15. The molecule has 0 bridgehead atoms. The molecule has 744 valence electrons. The van der Waals surface area contributed by atoms with E-state index in [1.165, 1.54) is 55.0 Å². The highest BCUT2D eigenvalue weighted by Gasteiger charge is 2.74. The second kappa shape index (κ2) is 33.4. The number of benzene rings is 6. The maximum Gasteiger partial charge on any atom is 0.488 e. The number of amides is 9. The number of aliphatic hydroxyl groups is 3. The molecule has 9 amide bonds. The number of hydrogen-bond acceptors (Lipinski definition) is 18. The van der Waals surface area contributed by atoms with E-state index in [1.807, 2.05) is 145 Å². The Labute approximate surface area is 806 Å². The molecule has 0 spiro atoms. The van der Waals surface area contributed by atoms with Gasteiger partial charge in [0.2, 0.25) is 52.6 Å². The van der Waals surface area contributed by atoms with Gasteiger partial charge in [0.15, 0.2) is 0 Å². The number of aromatic nitrogens is 3. The molecule has 15 aliphatic rings. The molecular weight excluding hydrogens is 1850 g/mol. The molecule has 3 aliphatic carbocycles. The zero-order valence-electron chi connectivity index (χ0n) is 79.9. The van der Waals surface area contributed by atoms with Crippen LogP contribution in [0.3, 0.4) is 0 Å². The summed E-state index contributed by atoms with van der Waals surface area (Å²) in [5, 5.41) is 46.0. The van der Waals surface area contributed by atoms with Crippen molar-refractivity contribution in [1.82, 2.24) is 73.8 Å². The fourth-order valence-electron chi connectivity index (χ4n) is 26.4. The molecule has 0 unspecified atom stereocenters. The van der Waals surface area contributed by atoms with Gasteiger partial charge in [-0.05, 0) is 180 Å². The standard InChI is InChI=1S/3C34H36F3N5O5/c2*1-32(31(45)42-26(14-19-8-4-3-5-9-19)30(44)40-13-7-12-27(40)33(42,46)47-32)38-29(43)21-15-23-22-10-6-11-24-28(22)20(16-25(23)39(2)17-21)18-41(24)34(35,36)37;1-32(31(45)42-26(14-19-8-4-3-5-9-19)30(44)40-13-7-12-27(40)33(42,46)47-32)38-29(43)21-15-23-22-10-6-11-24-28(22)20(17-39(24)2)16-25(23)41(18-21)34(35,36)37/h2*3-6,8-11,18,21,23,25-27,46H,7,12-17H2,1-2H3,(H,38,43);3-6,8-11,17,21,23,25-27,46H,7,12-16,18H2,1-2H3,(H,38,43)/t3*21-,23-,25-,26+,27+,32-,33+/m111/s1/i15D,23D;;/t15-,21+,23+,25+,26-,27-,32+,33-;;/m0... The number of hydrogen-bond donors (Lipinski definition) is 6. The van der Waals surface area contributed by atoms with E-state index in [0.29, 0.717) is 104 Å². The zero-order valence-corrected chi connectivity index (χ0v) is 77.9. The minimum absolute atomic E-state index is 0.0135. The summed E-state index contributed by atoms with van der Waals surface area (Å²) in [6, 6.07) is 34.9. The van der Waals surface area contributed by atoms with Crippen LogP contribution in [0.1, 0.15) is 149 Å². The molecule has 30 nitrogen and oxygen atoms in total. The van der Waals surface area contributed by atoms with Crippen molar-refractivity contribution in [1.29, 1.82) is 0 Å². The topological polar surface area (TPSA) is 322 Å². The van der Waals surface area contributed by atoms with E-state index in [2.05, 4.69) is 16.0 Å². The van der Waals surface area contributed by atoms with E-state index < -0.39 is 180 Å². The number of rotatable bonds is 12. The first kappa shape index (κ1) is 91.6. The number of piperidine rings is 3. The van der Waals surface area contributed by atoms with E-state index in [-0.39, 0.29) is 101 Å². The number of likely N-dealkylation sites (N-methyl/N-ethyl adjacent to an activating group) is 2. The van der Waals surface area contributed by atoms with E-state index in [0.717, 1.165) is 65.2 Å². The van der Waals surface area contributed by atoms with Crippen LogP contribution in [-0.2, 0) is 116 Å². The van der Waals surface area contributed by atoms with Crippen LogP contribution in [0.15, 0.2) is 164 Å². The normalized spacial score (nSPS) is 34.9. The lowest BCUT2D eigenvalue weighted by Gasteiger charge is -2.48. The molecule has 3 aromatic heterocycles. The summed E-state index contributed by atoms with van der Waals surface area (Å²) in [7, 11) is 5.40. The van der Waals surface area contributed by atoms with Gasteiger partial charge >= 0.3 is 18.9 Å². The van der Waals surface area contributed by atoms with Crippen molar-refractivity contribution in [3.8, 4) is 0 Å². The number of alkyl halides is 9. The smallest absolute Gasteiger partial charge is 0.350 e. The van der Waals surface area contributed by atoms with Crippen molar-refractivity contribution >= 4 is 85.9 Å². The number of carbonyl (C=O) groups is 9. The van der Waals surface area contributed by atoms with E-state index >= 15 is 0 Å². The maximum atomic E-state index is 14.6. The number of nitrogens with one attached hydrogen (secondary N) is 3. The zero-order chi connectivity index (χ0) is 101. The third-order valence-electron chi connectivity index (χ3n) is 32.5. The van der Waals surface area contributed by atoms with Crippen LogP contribution >= 0.6 is 0 Å². The molecule has 24 rings (SSSR count). The molecule has 12 saturated heterocycles. The van der Waals surface area contributed by atoms with Gasteiger partial charge in [0.25, 0.3) is 35.5 Å². The van der Waals surface area contributed by atoms with Crippen LogP contribution < -0.4 is 16.0 Å². The lowest BCUT2D eigenvalue weighted by Crippen LogP contribution is -2.71. The lowest BCUT2D eigenvalue weighted by molar-refractivity contribution is -0.315. The average Bonchev–Trinajstić information content (AvgIpc) is 1.21. The maximum absolute atomic E-state index is 14.6. The number of carbonyl (C=O) groups excluding carboxylic acids is 9. The van der Waals surface area contributed by atoms with Gasteiger partial charge in [0.05, 0.1) is 28.8 Å². The SMILES string of the molecule is CN1C[C@H](C(=O)N[C@]2(C)O[C@@]3(O)[C@@H]4CCCN4C(=O)[C@H](Cc4ccccc4)N3C2=O)C[C@@H]2c3cccc4c3c(cn4C(F)(F)F)C[C@H]21.Cn1cc2c3c(cccc31)[C@H]1C[C@@H](C(=O)N[C@]3(C)O[C@@]4(O)[C@@H]5CCCN5C(=O)[C@H](Cc5ccccc5)N4C3=O)CN(C(F)(F)F)[C@@H]1C2.[2H][C@H]1[C@@H](C(=O)N[C@]2(C)O[C@@]3(O)[C@@H]4CCCN4C(=O)[C@H](Cc4ccccc4)N3C2=O)CN(C)[C@@H]2Cc3cn(C(F)(F)F)c4cccc(c34)[C@@]12[2H]. The van der Waals surface area contributed by atoms with Crippen LogP contribution in [0.25, 0.3) is 32.7 Å². The Balaban J connectivity index is 0.000000123. The fraction of sp³-hybridized carbons (Fsp3) is 0.500. The molecule has 12 aliphatic heterocycles. The van der Waals surface area contributed by atoms with Gasteiger partial charge in [-0.3, -0.25) is 81.2 Å². The van der Waals surface area contributed by atoms with E-state index in [1.54, 1.807) is 29.0 Å². The predicted octanol–water partition coefficient (Wildman–Crippen LogP) is 9.04. The summed E-state index contributed by atoms with van der Waals surface area (Å²) in [6.45, 7) is 4.95. The first-order valence-corrected chi connectivity index (χ1v) is 48.1. The Hall–Kier alpha value is -11.8. The van der Waals surface area contributed by atoms with Gasteiger partial charge in [-0.25, -0.2) is 4.90 Å². The third-order valence-corrected chi connectivity index (χ3v) is 32.5. The van der Waals surface area contributed by atoms with Gasteiger partial charge in [0, 0.05) is 144 Å². The first-order chi connectivity index (χ1) is 67.7. The van der Waals surface area contributed by atoms with Crippen molar-refractivity contribution in [2.24, 2.45) is 24.8 Å². The highest BCUT2D eigenvalue weighted by atomic mass is 19.4. The molecule has 0 saturated carbocycles. The Morgan fingerprint density at radius 2 is 0.766 bits per heavy atom. The van der Waals surface area contributed by atoms with Gasteiger partial charge in [0.1, 0.15) is 36.3 Å². The summed E-state index contributed by atoms with van der Waals surface area (Å²) < 4.78 is 167. The van der Waals surface area contributed by atoms with E-state index in [4.69, 9.17) is 14.2 Å². The summed E-state index contributed by atoms with van der Waals surface area (Å²) in [6.07, 6.45) is -6.65. The Bertz CT molecular complexity index is 6740. The van der Waals surface area contributed by atoms with Crippen molar-refractivity contribution in [3.05, 3.63) is 214 Å². The van der Waals surface area contributed by atoms with Crippen LogP contribution in [-0.4, -0.2) is 275 Å². The number of halogens is 9. The van der Waals surface area contributed by atoms with Crippen molar-refractivity contribution < 1.29 is 115 Å². The highest BCUT2D eigenvalue weighted by Crippen LogP contribution is 2.56. The molecule has 0 radical (unpaired) electrons. The van der Waals surface area contributed by atoms with Crippen LogP contribution in [0.5, 0.6) is 0 Å².